The fourth-order valence-corrected chi connectivity index (χ4v) is 3.28. The number of rotatable bonds is 1. The maximum Gasteiger partial charge on any atom is 0.144 e. The van der Waals surface area contributed by atoms with Gasteiger partial charge in [-0.15, -0.1) is 0 Å². The number of hydrogen-bond acceptors (Lipinski definition) is 3. The van der Waals surface area contributed by atoms with Crippen LogP contribution in [0.4, 0.5) is 5.82 Å². The summed E-state index contributed by atoms with van der Waals surface area (Å²) in [7, 11) is 0. The quantitative estimate of drug-likeness (QED) is 0.744. The average Bonchev–Trinajstić information content (AvgIpc) is 2.30. The van der Waals surface area contributed by atoms with E-state index in [2.05, 4.69) is 25.8 Å². The van der Waals surface area contributed by atoms with Crippen molar-refractivity contribution in [1.29, 1.82) is 0 Å². The molecule has 2 saturated heterocycles. The lowest BCUT2D eigenvalue weighted by Gasteiger charge is -2.52. The molecule has 1 spiro atoms. The van der Waals surface area contributed by atoms with Crippen molar-refractivity contribution in [2.45, 2.75) is 12.8 Å². The Balaban J connectivity index is 1.74. The predicted octanol–water partition coefficient (Wildman–Crippen LogP) is 3.11. The highest BCUT2D eigenvalue weighted by Gasteiger charge is 2.44. The Morgan fingerprint density at radius 3 is 2.71 bits per heavy atom. The normalized spacial score (nSPS) is 22.6. The van der Waals surface area contributed by atoms with Gasteiger partial charge < -0.3 is 9.64 Å². The molecule has 2 aliphatic heterocycles. The first-order valence-electron chi connectivity index (χ1n) is 5.83. The van der Waals surface area contributed by atoms with E-state index in [1.807, 2.05) is 6.07 Å². The lowest BCUT2D eigenvalue weighted by Crippen LogP contribution is -2.59. The van der Waals surface area contributed by atoms with E-state index in [4.69, 9.17) is 16.3 Å². The van der Waals surface area contributed by atoms with E-state index in [0.29, 0.717) is 10.6 Å². The molecule has 0 amide bonds. The van der Waals surface area contributed by atoms with Gasteiger partial charge >= 0.3 is 0 Å². The van der Waals surface area contributed by atoms with Crippen molar-refractivity contribution in [3.8, 4) is 0 Å². The van der Waals surface area contributed by atoms with Crippen LogP contribution in [0, 0.1) is 5.41 Å². The molecule has 3 heterocycles. The summed E-state index contributed by atoms with van der Waals surface area (Å²) < 4.78 is 6.44. The van der Waals surface area contributed by atoms with Crippen molar-refractivity contribution in [2.75, 3.05) is 31.2 Å². The predicted molar refractivity (Wildman–Crippen MR) is 71.6 cm³/mol. The summed E-state index contributed by atoms with van der Waals surface area (Å²) in [4.78, 5) is 6.68. The van der Waals surface area contributed by atoms with Crippen LogP contribution in [0.2, 0.25) is 5.15 Å². The zero-order valence-electron chi connectivity index (χ0n) is 9.46. The van der Waals surface area contributed by atoms with Crippen LogP contribution in [0.25, 0.3) is 0 Å². The Morgan fingerprint density at radius 2 is 2.00 bits per heavy atom. The van der Waals surface area contributed by atoms with Crippen molar-refractivity contribution in [1.82, 2.24) is 4.98 Å². The molecule has 2 fully saturated rings. The average molecular weight is 318 g/mol. The second-order valence-electron chi connectivity index (χ2n) is 4.91. The van der Waals surface area contributed by atoms with Gasteiger partial charge in [0, 0.05) is 31.7 Å². The number of aromatic nitrogens is 1. The molecule has 5 heteroatoms. The minimum atomic E-state index is 0.460. The molecule has 17 heavy (non-hydrogen) atoms. The van der Waals surface area contributed by atoms with Crippen LogP contribution in [0.15, 0.2) is 16.6 Å². The molecule has 0 aliphatic carbocycles. The van der Waals surface area contributed by atoms with Crippen molar-refractivity contribution in [3.63, 3.8) is 0 Å². The third-order valence-corrected chi connectivity index (χ3v) is 4.53. The van der Waals surface area contributed by atoms with Gasteiger partial charge in [-0.1, -0.05) is 11.6 Å². The fourth-order valence-electron chi connectivity index (χ4n) is 2.66. The van der Waals surface area contributed by atoms with E-state index in [1.54, 1.807) is 6.07 Å². The highest BCUT2D eigenvalue weighted by atomic mass is 79.9. The lowest BCUT2D eigenvalue weighted by molar-refractivity contribution is -0.000497. The van der Waals surface area contributed by atoms with Gasteiger partial charge in [-0.05, 0) is 40.9 Å². The third-order valence-electron chi connectivity index (χ3n) is 3.70. The van der Waals surface area contributed by atoms with E-state index >= 15 is 0 Å². The summed E-state index contributed by atoms with van der Waals surface area (Å²) in [6.07, 6.45) is 2.34. The van der Waals surface area contributed by atoms with E-state index in [-0.39, 0.29) is 0 Å². The van der Waals surface area contributed by atoms with Crippen LogP contribution < -0.4 is 4.90 Å². The lowest BCUT2D eigenvalue weighted by atomic mass is 9.73. The zero-order chi connectivity index (χ0) is 11.9. The topological polar surface area (TPSA) is 25.4 Å². The van der Waals surface area contributed by atoms with Gasteiger partial charge in [0.05, 0.1) is 4.47 Å². The molecule has 0 aromatic carbocycles. The van der Waals surface area contributed by atoms with Gasteiger partial charge in [-0.3, -0.25) is 0 Å². The van der Waals surface area contributed by atoms with Gasteiger partial charge in [0.25, 0.3) is 0 Å². The minimum Gasteiger partial charge on any atom is -0.381 e. The molecule has 0 saturated carbocycles. The smallest absolute Gasteiger partial charge is 0.144 e. The number of anilines is 1. The maximum atomic E-state index is 5.94. The Bertz CT molecular complexity index is 427. The molecular weight excluding hydrogens is 304 g/mol. The number of pyridine rings is 1. The SMILES string of the molecule is Clc1ccc(Br)c(N2CC3(CCOCC3)C2)n1. The van der Waals surface area contributed by atoms with Gasteiger partial charge in [0.2, 0.25) is 0 Å². The number of nitrogens with zero attached hydrogens (tertiary/aromatic N) is 2. The third kappa shape index (κ3) is 2.18. The molecule has 2 aliphatic rings. The molecular formula is C12H14BrClN2O. The summed E-state index contributed by atoms with van der Waals surface area (Å²) in [5, 5.41) is 0.552. The minimum absolute atomic E-state index is 0.460. The van der Waals surface area contributed by atoms with Crippen molar-refractivity contribution < 1.29 is 4.74 Å². The highest BCUT2D eigenvalue weighted by Crippen LogP contribution is 2.43. The maximum absolute atomic E-state index is 5.94. The number of halogens is 2. The number of ether oxygens (including phenoxy) is 1. The van der Waals surface area contributed by atoms with Gasteiger partial charge in [0.15, 0.2) is 0 Å². The van der Waals surface area contributed by atoms with Gasteiger partial charge in [0.1, 0.15) is 11.0 Å². The van der Waals surface area contributed by atoms with E-state index < -0.39 is 0 Å². The second kappa shape index (κ2) is 4.41. The Morgan fingerprint density at radius 1 is 1.29 bits per heavy atom. The summed E-state index contributed by atoms with van der Waals surface area (Å²) in [6, 6.07) is 3.76. The van der Waals surface area contributed by atoms with Crippen molar-refractivity contribution in [2.24, 2.45) is 5.41 Å². The first-order valence-corrected chi connectivity index (χ1v) is 7.00. The molecule has 3 rings (SSSR count). The van der Waals surface area contributed by atoms with Crippen LogP contribution in [0.1, 0.15) is 12.8 Å². The van der Waals surface area contributed by atoms with E-state index in [9.17, 15) is 0 Å². The molecule has 0 bridgehead atoms. The van der Waals surface area contributed by atoms with E-state index in [0.717, 1.165) is 36.6 Å². The molecule has 1 aromatic heterocycles. The van der Waals surface area contributed by atoms with Crippen molar-refractivity contribution >= 4 is 33.3 Å². The summed E-state index contributed by atoms with van der Waals surface area (Å²) in [5.41, 5.74) is 0.460. The van der Waals surface area contributed by atoms with Crippen molar-refractivity contribution in [3.05, 3.63) is 21.8 Å². The Kier molecular flexibility index (Phi) is 3.05. The molecule has 92 valence electrons. The first-order chi connectivity index (χ1) is 8.19. The number of hydrogen-bond donors (Lipinski definition) is 0. The summed E-state index contributed by atoms with van der Waals surface area (Å²) in [5.74, 6) is 0.967. The zero-order valence-corrected chi connectivity index (χ0v) is 11.8. The van der Waals surface area contributed by atoms with Crippen LogP contribution >= 0.6 is 27.5 Å². The fraction of sp³-hybridized carbons (Fsp3) is 0.583. The standard InChI is InChI=1S/C12H14BrClN2O/c13-9-1-2-10(14)15-11(9)16-7-12(8-16)3-5-17-6-4-12/h1-2H,3-8H2. The highest BCUT2D eigenvalue weighted by molar-refractivity contribution is 9.10. The monoisotopic (exact) mass is 316 g/mol. The van der Waals surface area contributed by atoms with Gasteiger partial charge in [-0.2, -0.15) is 0 Å². The second-order valence-corrected chi connectivity index (χ2v) is 6.15. The molecule has 0 N–H and O–H groups in total. The molecule has 1 aromatic rings. The van der Waals surface area contributed by atoms with E-state index in [1.165, 1.54) is 12.8 Å². The largest absolute Gasteiger partial charge is 0.381 e. The molecule has 3 nitrogen and oxygen atoms in total. The molecule has 0 radical (unpaired) electrons. The first kappa shape index (κ1) is 11.8. The van der Waals surface area contributed by atoms with Crippen LogP contribution in [-0.2, 0) is 4.74 Å². The van der Waals surface area contributed by atoms with Crippen LogP contribution in [0.3, 0.4) is 0 Å². The Labute approximate surface area is 114 Å². The van der Waals surface area contributed by atoms with Gasteiger partial charge in [-0.25, -0.2) is 4.98 Å². The Hall–Kier alpha value is -0.320. The molecule has 0 atom stereocenters. The van der Waals surface area contributed by atoms with Crippen LogP contribution in [0.5, 0.6) is 0 Å². The summed E-state index contributed by atoms with van der Waals surface area (Å²) >= 11 is 9.47. The summed E-state index contributed by atoms with van der Waals surface area (Å²) in [6.45, 7) is 3.95. The van der Waals surface area contributed by atoms with Crippen LogP contribution in [-0.4, -0.2) is 31.3 Å². The molecule has 0 unspecified atom stereocenters.